The molecule has 1 aliphatic carbocycles. The summed E-state index contributed by atoms with van der Waals surface area (Å²) in [5.74, 6) is 1.12. The molecule has 19 heavy (non-hydrogen) atoms. The number of nitrogens with two attached hydrogens (primary N) is 1. The number of aromatic nitrogens is 1. The number of benzene rings is 1. The van der Waals surface area contributed by atoms with Crippen molar-refractivity contribution in [3.05, 3.63) is 36.0 Å². The van der Waals surface area contributed by atoms with Crippen molar-refractivity contribution in [3.8, 4) is 11.1 Å². The first-order valence-electron chi connectivity index (χ1n) is 7.15. The van der Waals surface area contributed by atoms with Gasteiger partial charge in [-0.15, -0.1) is 0 Å². The summed E-state index contributed by atoms with van der Waals surface area (Å²) in [6, 6.07) is 8.72. The van der Waals surface area contributed by atoms with E-state index in [0.29, 0.717) is 5.88 Å². The maximum Gasteiger partial charge on any atom is 0.229 e. The van der Waals surface area contributed by atoms with Crippen LogP contribution < -0.4 is 5.73 Å². The van der Waals surface area contributed by atoms with Crippen LogP contribution in [0.3, 0.4) is 0 Å². The van der Waals surface area contributed by atoms with E-state index in [-0.39, 0.29) is 0 Å². The predicted octanol–water partition coefficient (Wildman–Crippen LogP) is 4.36. The molecule has 1 aromatic heterocycles. The SMILES string of the molecule is Nc1oncc1-c1ccc(C2CCCCCC2)cc1. The average molecular weight is 256 g/mol. The fourth-order valence-corrected chi connectivity index (χ4v) is 3.01. The molecule has 0 bridgehead atoms. The lowest BCUT2D eigenvalue weighted by Gasteiger charge is -2.14. The van der Waals surface area contributed by atoms with Gasteiger partial charge in [-0.3, -0.25) is 0 Å². The van der Waals surface area contributed by atoms with Crippen molar-refractivity contribution >= 4 is 5.88 Å². The van der Waals surface area contributed by atoms with Crippen LogP contribution in [0.25, 0.3) is 11.1 Å². The molecule has 0 atom stereocenters. The van der Waals surface area contributed by atoms with Crippen LogP contribution in [0, 0.1) is 0 Å². The highest BCUT2D eigenvalue weighted by atomic mass is 16.5. The van der Waals surface area contributed by atoms with Gasteiger partial charge in [-0.1, -0.05) is 55.1 Å². The lowest BCUT2D eigenvalue weighted by atomic mass is 9.91. The zero-order chi connectivity index (χ0) is 13.1. The molecule has 3 nitrogen and oxygen atoms in total. The van der Waals surface area contributed by atoms with Crippen molar-refractivity contribution < 1.29 is 4.52 Å². The number of anilines is 1. The first-order chi connectivity index (χ1) is 9.34. The Kier molecular flexibility index (Phi) is 3.53. The fourth-order valence-electron chi connectivity index (χ4n) is 3.01. The Morgan fingerprint density at radius 1 is 1.00 bits per heavy atom. The molecule has 2 aromatic rings. The molecule has 100 valence electrons. The highest BCUT2D eigenvalue weighted by Gasteiger charge is 2.14. The maximum absolute atomic E-state index is 5.74. The van der Waals surface area contributed by atoms with Crippen LogP contribution in [0.1, 0.15) is 50.0 Å². The second-order valence-corrected chi connectivity index (χ2v) is 5.41. The van der Waals surface area contributed by atoms with E-state index in [9.17, 15) is 0 Å². The van der Waals surface area contributed by atoms with Gasteiger partial charge in [0.15, 0.2) is 0 Å². The van der Waals surface area contributed by atoms with Gasteiger partial charge in [-0.05, 0) is 29.9 Å². The second kappa shape index (κ2) is 5.47. The van der Waals surface area contributed by atoms with Gasteiger partial charge in [0.05, 0.1) is 11.8 Å². The Bertz CT molecular complexity index is 522. The highest BCUT2D eigenvalue weighted by molar-refractivity contribution is 5.71. The molecular weight excluding hydrogens is 236 g/mol. The van der Waals surface area contributed by atoms with Crippen LogP contribution in [-0.2, 0) is 0 Å². The van der Waals surface area contributed by atoms with Gasteiger partial charge in [-0.25, -0.2) is 0 Å². The number of hydrogen-bond donors (Lipinski definition) is 1. The van der Waals surface area contributed by atoms with E-state index in [4.69, 9.17) is 10.3 Å². The molecule has 1 aromatic carbocycles. The minimum atomic E-state index is 0.391. The smallest absolute Gasteiger partial charge is 0.229 e. The quantitative estimate of drug-likeness (QED) is 0.812. The summed E-state index contributed by atoms with van der Waals surface area (Å²) in [4.78, 5) is 0. The maximum atomic E-state index is 5.74. The Morgan fingerprint density at radius 3 is 2.26 bits per heavy atom. The summed E-state index contributed by atoms with van der Waals surface area (Å²) in [5, 5.41) is 3.72. The minimum Gasteiger partial charge on any atom is -0.367 e. The van der Waals surface area contributed by atoms with Crippen LogP contribution in [-0.4, -0.2) is 5.16 Å². The highest BCUT2D eigenvalue weighted by Crippen LogP contribution is 2.33. The van der Waals surface area contributed by atoms with E-state index >= 15 is 0 Å². The molecule has 2 N–H and O–H groups in total. The summed E-state index contributed by atoms with van der Waals surface area (Å²) in [6.45, 7) is 0. The number of rotatable bonds is 2. The normalized spacial score (nSPS) is 17.3. The average Bonchev–Trinajstić information content (AvgIpc) is 2.71. The van der Waals surface area contributed by atoms with Crippen molar-refractivity contribution in [1.29, 1.82) is 0 Å². The van der Waals surface area contributed by atoms with Gasteiger partial charge >= 0.3 is 0 Å². The molecule has 1 saturated carbocycles. The van der Waals surface area contributed by atoms with Crippen LogP contribution in [0.4, 0.5) is 5.88 Å². The van der Waals surface area contributed by atoms with Crippen molar-refractivity contribution in [3.63, 3.8) is 0 Å². The largest absolute Gasteiger partial charge is 0.367 e. The zero-order valence-corrected chi connectivity index (χ0v) is 11.1. The van der Waals surface area contributed by atoms with E-state index < -0.39 is 0 Å². The molecule has 0 spiro atoms. The molecular formula is C16H20N2O. The molecule has 1 aliphatic rings. The lowest BCUT2D eigenvalue weighted by Crippen LogP contribution is -1.97. The number of nitrogen functional groups attached to an aromatic ring is 1. The molecule has 0 amide bonds. The van der Waals surface area contributed by atoms with E-state index in [1.165, 1.54) is 44.1 Å². The third-order valence-corrected chi connectivity index (χ3v) is 4.15. The lowest BCUT2D eigenvalue weighted by molar-refractivity contribution is 0.436. The van der Waals surface area contributed by atoms with Crippen LogP contribution >= 0.6 is 0 Å². The van der Waals surface area contributed by atoms with Crippen molar-refractivity contribution in [2.24, 2.45) is 0 Å². The molecule has 0 aliphatic heterocycles. The summed E-state index contributed by atoms with van der Waals surface area (Å²) >= 11 is 0. The standard InChI is InChI=1S/C16H20N2O/c17-16-15(11-18-19-16)14-9-7-13(8-10-14)12-5-3-1-2-4-6-12/h7-12H,1-6,17H2. The molecule has 1 fully saturated rings. The van der Waals surface area contributed by atoms with Crippen LogP contribution in [0.15, 0.2) is 35.0 Å². The zero-order valence-electron chi connectivity index (χ0n) is 11.1. The number of nitrogens with zero attached hydrogens (tertiary/aromatic N) is 1. The third kappa shape index (κ3) is 2.65. The van der Waals surface area contributed by atoms with Gasteiger partial charge in [0, 0.05) is 0 Å². The Labute approximate surface area is 113 Å². The van der Waals surface area contributed by atoms with Crippen LogP contribution in [0.2, 0.25) is 0 Å². The predicted molar refractivity (Wildman–Crippen MR) is 76.8 cm³/mol. The van der Waals surface area contributed by atoms with E-state index in [0.717, 1.165) is 17.0 Å². The first kappa shape index (κ1) is 12.3. The summed E-state index contributed by atoms with van der Waals surface area (Å²) < 4.78 is 4.91. The minimum absolute atomic E-state index is 0.391. The Balaban J connectivity index is 1.80. The molecule has 3 rings (SSSR count). The first-order valence-corrected chi connectivity index (χ1v) is 7.15. The summed E-state index contributed by atoms with van der Waals surface area (Å²) in [7, 11) is 0. The fraction of sp³-hybridized carbons (Fsp3) is 0.438. The van der Waals surface area contributed by atoms with Crippen molar-refractivity contribution in [2.75, 3.05) is 5.73 Å². The van der Waals surface area contributed by atoms with Crippen molar-refractivity contribution in [2.45, 2.75) is 44.4 Å². The molecule has 1 heterocycles. The Morgan fingerprint density at radius 2 is 1.68 bits per heavy atom. The summed E-state index contributed by atoms with van der Waals surface area (Å²) in [5.41, 5.74) is 9.17. The van der Waals surface area contributed by atoms with Gasteiger partial charge in [0.1, 0.15) is 0 Å². The topological polar surface area (TPSA) is 52.0 Å². The Hall–Kier alpha value is -1.77. The second-order valence-electron chi connectivity index (χ2n) is 5.41. The molecule has 0 radical (unpaired) electrons. The van der Waals surface area contributed by atoms with Gasteiger partial charge in [0.2, 0.25) is 5.88 Å². The summed E-state index contributed by atoms with van der Waals surface area (Å²) in [6.07, 6.45) is 9.85. The van der Waals surface area contributed by atoms with Gasteiger partial charge in [0.25, 0.3) is 0 Å². The van der Waals surface area contributed by atoms with Crippen molar-refractivity contribution in [1.82, 2.24) is 5.16 Å². The monoisotopic (exact) mass is 256 g/mol. The molecule has 0 saturated heterocycles. The third-order valence-electron chi connectivity index (χ3n) is 4.15. The molecule has 0 unspecified atom stereocenters. The van der Waals surface area contributed by atoms with Gasteiger partial charge < -0.3 is 10.3 Å². The van der Waals surface area contributed by atoms with E-state index in [2.05, 4.69) is 29.4 Å². The van der Waals surface area contributed by atoms with Gasteiger partial charge in [-0.2, -0.15) is 0 Å². The number of hydrogen-bond acceptors (Lipinski definition) is 3. The van der Waals surface area contributed by atoms with Crippen LogP contribution in [0.5, 0.6) is 0 Å². The molecule has 3 heteroatoms. The van der Waals surface area contributed by atoms with E-state index in [1.807, 2.05) is 0 Å². The van der Waals surface area contributed by atoms with E-state index in [1.54, 1.807) is 6.20 Å².